The first kappa shape index (κ1) is 23.4. The first-order valence-electron chi connectivity index (χ1n) is 13.3. The number of hydrogen-bond acceptors (Lipinski definition) is 5. The van der Waals surface area contributed by atoms with Crippen molar-refractivity contribution in [3.8, 4) is 0 Å². The molecule has 0 bridgehead atoms. The summed E-state index contributed by atoms with van der Waals surface area (Å²) in [5, 5.41) is 0. The zero-order valence-corrected chi connectivity index (χ0v) is 20.4. The third-order valence-corrected chi connectivity index (χ3v) is 7.80. The van der Waals surface area contributed by atoms with E-state index in [0.717, 1.165) is 61.8 Å². The molecule has 34 heavy (non-hydrogen) atoms. The summed E-state index contributed by atoms with van der Waals surface area (Å²) in [6, 6.07) is 11.0. The standard InChI is InChI=1S/C28H39N3O3/c32-28-31(16-8-7-15-29-17-19-30(20-18-29)24-11-5-2-6-12-24)26-14-13-25(21-27(26)34-28)33-22-23-9-3-1-4-10-23/h1,3-4,9-10,21,24H,2,5-8,11-20,22H2. The molecule has 1 saturated carbocycles. The Morgan fingerprint density at radius 1 is 0.912 bits per heavy atom. The van der Waals surface area contributed by atoms with E-state index in [1.54, 1.807) is 0 Å². The Kier molecular flexibility index (Phi) is 7.86. The molecule has 0 spiro atoms. The van der Waals surface area contributed by atoms with Crippen molar-refractivity contribution in [2.24, 2.45) is 0 Å². The van der Waals surface area contributed by atoms with Crippen LogP contribution in [0.4, 0.5) is 0 Å². The predicted molar refractivity (Wildman–Crippen MR) is 135 cm³/mol. The largest absolute Gasteiger partial charge is 0.493 e. The minimum Gasteiger partial charge on any atom is -0.493 e. The Morgan fingerprint density at radius 3 is 2.47 bits per heavy atom. The van der Waals surface area contributed by atoms with Crippen LogP contribution in [0.2, 0.25) is 0 Å². The highest BCUT2D eigenvalue weighted by atomic mass is 16.5. The summed E-state index contributed by atoms with van der Waals surface area (Å²) in [7, 11) is 0. The van der Waals surface area contributed by atoms with Gasteiger partial charge < -0.3 is 14.1 Å². The van der Waals surface area contributed by atoms with Crippen molar-refractivity contribution in [3.05, 3.63) is 63.7 Å². The quantitative estimate of drug-likeness (QED) is 0.504. The van der Waals surface area contributed by atoms with Crippen molar-refractivity contribution >= 4 is 6.08 Å². The van der Waals surface area contributed by atoms with Gasteiger partial charge in [0.05, 0.1) is 5.69 Å². The van der Waals surface area contributed by atoms with Gasteiger partial charge in [-0.25, -0.2) is 4.79 Å². The lowest BCUT2D eigenvalue weighted by molar-refractivity contribution is 0.0780. The number of oxazole rings is 1. The van der Waals surface area contributed by atoms with Gasteiger partial charge in [-0.1, -0.05) is 49.6 Å². The number of benzene rings is 1. The van der Waals surface area contributed by atoms with E-state index < -0.39 is 0 Å². The van der Waals surface area contributed by atoms with E-state index in [0.29, 0.717) is 12.4 Å². The average molecular weight is 466 g/mol. The highest BCUT2D eigenvalue weighted by Gasteiger charge is 2.25. The first-order chi connectivity index (χ1) is 16.8. The van der Waals surface area contributed by atoms with Crippen LogP contribution in [0.15, 0.2) is 45.3 Å². The fourth-order valence-corrected chi connectivity index (χ4v) is 5.78. The van der Waals surface area contributed by atoms with Crippen molar-refractivity contribution < 1.29 is 9.15 Å². The lowest BCUT2D eigenvalue weighted by Crippen LogP contribution is -2.50. The number of ether oxygens (including phenoxy) is 1. The van der Waals surface area contributed by atoms with Gasteiger partial charge in [-0.15, -0.1) is 0 Å². The molecule has 2 aromatic rings. The maximum atomic E-state index is 12.5. The van der Waals surface area contributed by atoms with Gasteiger partial charge in [0.25, 0.3) is 0 Å². The lowest BCUT2D eigenvalue weighted by Gasteiger charge is -2.40. The van der Waals surface area contributed by atoms with Gasteiger partial charge in [0.15, 0.2) is 5.76 Å². The summed E-state index contributed by atoms with van der Waals surface area (Å²) >= 11 is 0. The average Bonchev–Trinajstić information content (AvgIpc) is 3.21. The molecule has 6 heteroatoms. The number of aromatic nitrogens is 1. The summed E-state index contributed by atoms with van der Waals surface area (Å²) < 4.78 is 13.4. The molecule has 1 aromatic carbocycles. The van der Waals surface area contributed by atoms with Gasteiger partial charge in [-0.2, -0.15) is 0 Å². The number of nitrogens with zero attached hydrogens (tertiary/aromatic N) is 3. The number of rotatable bonds is 9. The van der Waals surface area contributed by atoms with E-state index in [1.807, 2.05) is 28.8 Å². The second-order valence-electron chi connectivity index (χ2n) is 10.1. The van der Waals surface area contributed by atoms with Crippen LogP contribution in [0.5, 0.6) is 0 Å². The van der Waals surface area contributed by atoms with Crippen LogP contribution in [-0.2, 0) is 24.3 Å². The monoisotopic (exact) mass is 465 g/mol. The number of allylic oxidation sites excluding steroid dienone is 1. The minimum atomic E-state index is -0.230. The Balaban J connectivity index is 1.06. The minimum absolute atomic E-state index is 0.230. The number of piperazine rings is 1. The van der Waals surface area contributed by atoms with Gasteiger partial charge >= 0.3 is 5.76 Å². The molecule has 184 valence electrons. The normalized spacial score (nSPS) is 20.2. The molecular weight excluding hydrogens is 426 g/mol. The van der Waals surface area contributed by atoms with E-state index in [4.69, 9.17) is 9.15 Å². The van der Waals surface area contributed by atoms with Crippen molar-refractivity contribution in [2.75, 3.05) is 32.7 Å². The van der Waals surface area contributed by atoms with Crippen LogP contribution in [-0.4, -0.2) is 53.1 Å². The highest BCUT2D eigenvalue weighted by molar-refractivity contribution is 5.51. The summed E-state index contributed by atoms with van der Waals surface area (Å²) in [6.45, 7) is 7.24. The molecule has 0 atom stereocenters. The van der Waals surface area contributed by atoms with Crippen LogP contribution >= 0.6 is 0 Å². The Morgan fingerprint density at radius 2 is 1.68 bits per heavy atom. The zero-order valence-electron chi connectivity index (χ0n) is 20.4. The first-order valence-corrected chi connectivity index (χ1v) is 13.3. The summed E-state index contributed by atoms with van der Waals surface area (Å²) in [4.78, 5) is 17.8. The predicted octanol–water partition coefficient (Wildman–Crippen LogP) is 4.68. The van der Waals surface area contributed by atoms with Gasteiger partial charge in [0, 0.05) is 51.3 Å². The van der Waals surface area contributed by atoms with Gasteiger partial charge in [0.1, 0.15) is 12.4 Å². The third kappa shape index (κ3) is 5.84. The molecule has 0 amide bonds. The van der Waals surface area contributed by atoms with Crippen molar-refractivity contribution in [3.63, 3.8) is 0 Å². The molecule has 2 fully saturated rings. The molecule has 6 nitrogen and oxygen atoms in total. The van der Waals surface area contributed by atoms with Gasteiger partial charge in [-0.05, 0) is 44.2 Å². The maximum absolute atomic E-state index is 12.5. The molecule has 2 heterocycles. The molecule has 1 aliphatic heterocycles. The van der Waals surface area contributed by atoms with E-state index in [1.165, 1.54) is 58.3 Å². The van der Waals surface area contributed by atoms with Crippen LogP contribution in [0.3, 0.4) is 0 Å². The Labute approximate surface area is 203 Å². The molecule has 5 rings (SSSR count). The second kappa shape index (κ2) is 11.4. The van der Waals surface area contributed by atoms with Crippen LogP contribution in [0.1, 0.15) is 68.4 Å². The number of fused-ring (bicyclic) bond motifs is 1. The second-order valence-corrected chi connectivity index (χ2v) is 10.1. The zero-order chi connectivity index (χ0) is 23.2. The summed E-state index contributed by atoms with van der Waals surface area (Å²) in [5.41, 5.74) is 2.17. The Bertz CT molecular complexity index is 996. The van der Waals surface area contributed by atoms with Gasteiger partial charge in [0.2, 0.25) is 0 Å². The molecular formula is C28H39N3O3. The van der Waals surface area contributed by atoms with E-state index >= 15 is 0 Å². The third-order valence-electron chi connectivity index (χ3n) is 7.80. The molecule has 2 aliphatic carbocycles. The highest BCUT2D eigenvalue weighted by Crippen LogP contribution is 2.26. The molecule has 1 saturated heterocycles. The SMILES string of the molecule is O=c1oc2c(n1CCCCN1CCN(C3CCCCC3)CC1)CCC(OCc1ccccc1)=C2. The van der Waals surface area contributed by atoms with Crippen molar-refractivity contribution in [1.82, 2.24) is 14.4 Å². The molecule has 0 radical (unpaired) electrons. The molecule has 0 unspecified atom stereocenters. The van der Waals surface area contributed by atoms with Gasteiger partial charge in [-0.3, -0.25) is 9.47 Å². The van der Waals surface area contributed by atoms with Crippen LogP contribution < -0.4 is 5.76 Å². The summed E-state index contributed by atoms with van der Waals surface area (Å²) in [6.07, 6.45) is 12.7. The fourth-order valence-electron chi connectivity index (χ4n) is 5.78. The fraction of sp³-hybridized carbons (Fsp3) is 0.607. The van der Waals surface area contributed by atoms with Crippen molar-refractivity contribution in [2.45, 2.75) is 77.0 Å². The number of hydrogen-bond donors (Lipinski definition) is 0. The maximum Gasteiger partial charge on any atom is 0.419 e. The number of unbranched alkanes of at least 4 members (excludes halogenated alkanes) is 1. The molecule has 3 aliphatic rings. The van der Waals surface area contributed by atoms with E-state index in [-0.39, 0.29) is 5.76 Å². The van der Waals surface area contributed by atoms with Crippen LogP contribution in [0, 0.1) is 0 Å². The smallest absolute Gasteiger partial charge is 0.419 e. The topological polar surface area (TPSA) is 50.9 Å². The summed E-state index contributed by atoms with van der Waals surface area (Å²) in [5.74, 6) is 1.34. The van der Waals surface area contributed by atoms with Crippen LogP contribution in [0.25, 0.3) is 6.08 Å². The lowest BCUT2D eigenvalue weighted by atomic mass is 9.94. The van der Waals surface area contributed by atoms with E-state index in [9.17, 15) is 4.79 Å². The van der Waals surface area contributed by atoms with Crippen molar-refractivity contribution in [1.29, 1.82) is 0 Å². The Hall–Kier alpha value is -2.31. The molecule has 1 aromatic heterocycles. The molecule has 0 N–H and O–H groups in total. The van der Waals surface area contributed by atoms with E-state index in [2.05, 4.69) is 21.9 Å².